The molecule has 1 heterocycles. The maximum Gasteiger partial charge on any atom is 0.408 e. The van der Waals surface area contributed by atoms with Gasteiger partial charge in [0.15, 0.2) is 0 Å². The maximum atomic E-state index is 12.6. The number of halogens is 3. The van der Waals surface area contributed by atoms with E-state index < -0.39 is 36.4 Å². The van der Waals surface area contributed by atoms with Crippen molar-refractivity contribution in [1.29, 1.82) is 0 Å². The van der Waals surface area contributed by atoms with Crippen LogP contribution in [0, 0.1) is 25.7 Å². The number of carboxylic acid groups (broad SMARTS) is 1. The van der Waals surface area contributed by atoms with Crippen molar-refractivity contribution in [2.75, 3.05) is 6.54 Å². The molecule has 2 N–H and O–H groups in total. The van der Waals surface area contributed by atoms with Gasteiger partial charge in [0.25, 0.3) is 0 Å². The quantitative estimate of drug-likeness (QED) is 0.729. The van der Waals surface area contributed by atoms with Crippen LogP contribution in [0.2, 0.25) is 0 Å². The van der Waals surface area contributed by atoms with Gasteiger partial charge in [-0.3, -0.25) is 14.3 Å². The molecule has 1 amide bonds. The molecule has 0 radical (unpaired) electrons. The van der Waals surface area contributed by atoms with Crippen molar-refractivity contribution in [3.63, 3.8) is 0 Å². The Morgan fingerprint density at radius 1 is 1.23 bits per heavy atom. The third-order valence-electron chi connectivity index (χ3n) is 4.22. The third-order valence-corrected chi connectivity index (χ3v) is 4.22. The lowest BCUT2D eigenvalue weighted by Gasteiger charge is -2.18. The summed E-state index contributed by atoms with van der Waals surface area (Å²) < 4.78 is 38.7. The van der Waals surface area contributed by atoms with Gasteiger partial charge in [-0.1, -0.05) is 13.8 Å². The Morgan fingerprint density at radius 2 is 1.81 bits per heavy atom. The summed E-state index contributed by atoms with van der Waals surface area (Å²) in [6, 6.07) is 0. The van der Waals surface area contributed by atoms with Crippen LogP contribution in [0.3, 0.4) is 0 Å². The molecule has 2 unspecified atom stereocenters. The number of nitrogens with zero attached hydrogens (tertiary/aromatic N) is 2. The number of rotatable bonds is 8. The summed E-state index contributed by atoms with van der Waals surface area (Å²) in [5.41, 5.74) is 1.06. The van der Waals surface area contributed by atoms with Crippen molar-refractivity contribution in [2.45, 2.75) is 59.7 Å². The van der Waals surface area contributed by atoms with E-state index in [4.69, 9.17) is 0 Å². The number of aliphatic carboxylic acids is 1. The van der Waals surface area contributed by atoms with Crippen LogP contribution in [-0.4, -0.2) is 39.5 Å². The van der Waals surface area contributed by atoms with Crippen molar-refractivity contribution < 1.29 is 27.9 Å². The Bertz CT molecular complexity index is 654. The lowest BCUT2D eigenvalue weighted by molar-refractivity contribution is -0.143. The van der Waals surface area contributed by atoms with E-state index in [-0.39, 0.29) is 18.2 Å². The molecular weight excluding hydrogens is 351 g/mol. The fourth-order valence-corrected chi connectivity index (χ4v) is 3.01. The largest absolute Gasteiger partial charge is 0.481 e. The number of hydrogen-bond acceptors (Lipinski definition) is 3. The summed E-state index contributed by atoms with van der Waals surface area (Å²) >= 11 is 0. The number of amides is 1. The number of aryl methyl sites for hydroxylation is 1. The van der Waals surface area contributed by atoms with E-state index >= 15 is 0 Å². The summed E-state index contributed by atoms with van der Waals surface area (Å²) in [4.78, 5) is 23.7. The molecule has 0 aliphatic carbocycles. The Morgan fingerprint density at radius 3 is 2.27 bits per heavy atom. The molecular formula is C17H26F3N3O3. The second kappa shape index (κ2) is 8.55. The molecule has 26 heavy (non-hydrogen) atoms. The molecule has 0 aliphatic heterocycles. The molecule has 0 aromatic carbocycles. The minimum absolute atomic E-state index is 0.0224. The van der Waals surface area contributed by atoms with Crippen LogP contribution in [0.15, 0.2) is 0 Å². The average Bonchev–Trinajstić information content (AvgIpc) is 2.74. The summed E-state index contributed by atoms with van der Waals surface area (Å²) in [6.45, 7) is 7.16. The van der Waals surface area contributed by atoms with Crippen LogP contribution in [0.25, 0.3) is 0 Å². The highest BCUT2D eigenvalue weighted by Crippen LogP contribution is 2.26. The van der Waals surface area contributed by atoms with Crippen LogP contribution in [0.1, 0.15) is 50.1 Å². The maximum absolute atomic E-state index is 12.6. The third kappa shape index (κ3) is 6.03. The number of carbonyl (C=O) groups excluding carboxylic acids is 1. The minimum atomic E-state index is -4.41. The van der Waals surface area contributed by atoms with E-state index in [2.05, 4.69) is 10.4 Å². The van der Waals surface area contributed by atoms with Crippen molar-refractivity contribution in [2.24, 2.45) is 11.8 Å². The number of aromatic nitrogens is 2. The van der Waals surface area contributed by atoms with Gasteiger partial charge in [-0.05, 0) is 33.1 Å². The minimum Gasteiger partial charge on any atom is -0.481 e. The predicted octanol–water partition coefficient (Wildman–Crippen LogP) is 3.03. The van der Waals surface area contributed by atoms with Gasteiger partial charge in [-0.25, -0.2) is 0 Å². The Hall–Kier alpha value is -2.06. The summed E-state index contributed by atoms with van der Waals surface area (Å²) in [5.74, 6) is -2.70. The molecule has 1 aromatic heterocycles. The number of carboxylic acids is 1. The first-order chi connectivity index (χ1) is 11.8. The molecule has 148 valence electrons. The van der Waals surface area contributed by atoms with E-state index in [0.717, 1.165) is 4.68 Å². The smallest absolute Gasteiger partial charge is 0.408 e. The van der Waals surface area contributed by atoms with E-state index in [9.17, 15) is 27.9 Å². The van der Waals surface area contributed by atoms with E-state index in [1.807, 2.05) is 13.8 Å². The fourth-order valence-electron chi connectivity index (χ4n) is 3.01. The van der Waals surface area contributed by atoms with Gasteiger partial charge in [0, 0.05) is 17.8 Å². The van der Waals surface area contributed by atoms with Gasteiger partial charge in [-0.15, -0.1) is 0 Å². The van der Waals surface area contributed by atoms with Gasteiger partial charge < -0.3 is 10.4 Å². The van der Waals surface area contributed by atoms with Gasteiger partial charge in [0.2, 0.25) is 5.91 Å². The van der Waals surface area contributed by atoms with E-state index in [1.54, 1.807) is 13.8 Å². The van der Waals surface area contributed by atoms with Crippen LogP contribution in [0.4, 0.5) is 13.2 Å². The summed E-state index contributed by atoms with van der Waals surface area (Å²) in [5, 5.41) is 15.7. The number of carbonyl (C=O) groups is 2. The normalized spacial score (nSPS) is 14.3. The average molecular weight is 377 g/mol. The lowest BCUT2D eigenvalue weighted by atomic mass is 9.95. The predicted molar refractivity (Wildman–Crippen MR) is 89.8 cm³/mol. The molecule has 6 nitrogen and oxygen atoms in total. The second-order valence-electron chi connectivity index (χ2n) is 6.99. The fraction of sp³-hybridized carbons (Fsp3) is 0.706. The van der Waals surface area contributed by atoms with Crippen LogP contribution < -0.4 is 5.32 Å². The number of alkyl halides is 3. The first-order valence-electron chi connectivity index (χ1n) is 8.44. The molecule has 0 aliphatic rings. The zero-order valence-electron chi connectivity index (χ0n) is 15.6. The number of nitrogens with one attached hydrogen (secondary N) is 1. The number of hydrogen-bond donors (Lipinski definition) is 2. The Balaban J connectivity index is 2.87. The molecule has 2 atom stereocenters. The topological polar surface area (TPSA) is 84.2 Å². The summed E-state index contributed by atoms with van der Waals surface area (Å²) in [6.07, 6.45) is -3.98. The van der Waals surface area contributed by atoms with Gasteiger partial charge in [0.05, 0.1) is 17.5 Å². The van der Waals surface area contributed by atoms with Crippen molar-refractivity contribution in [3.05, 3.63) is 17.0 Å². The summed E-state index contributed by atoms with van der Waals surface area (Å²) in [7, 11) is 0. The molecule has 0 spiro atoms. The molecule has 0 fully saturated rings. The SMILES string of the molecule is Cc1nn(CC(F)(F)F)c(C)c1C(C)C(=O)NCC(CC(C)C)C(=O)O. The van der Waals surface area contributed by atoms with Gasteiger partial charge >= 0.3 is 12.1 Å². The van der Waals surface area contributed by atoms with Crippen LogP contribution >= 0.6 is 0 Å². The Kier molecular flexibility index (Phi) is 7.23. The lowest BCUT2D eigenvalue weighted by Crippen LogP contribution is -2.36. The van der Waals surface area contributed by atoms with Crippen molar-refractivity contribution in [1.82, 2.24) is 15.1 Å². The zero-order valence-corrected chi connectivity index (χ0v) is 15.6. The highest BCUT2D eigenvalue weighted by atomic mass is 19.4. The highest BCUT2D eigenvalue weighted by Gasteiger charge is 2.32. The Labute approximate surface area is 150 Å². The molecule has 9 heteroatoms. The van der Waals surface area contributed by atoms with Crippen molar-refractivity contribution >= 4 is 11.9 Å². The van der Waals surface area contributed by atoms with Crippen molar-refractivity contribution in [3.8, 4) is 0 Å². The highest BCUT2D eigenvalue weighted by molar-refractivity contribution is 5.84. The standard InChI is InChI=1S/C17H26F3N3O3/c1-9(2)6-13(16(25)26)7-21-15(24)10(3)14-11(4)22-23(12(14)5)8-17(18,19)20/h9-10,13H,6-8H2,1-5H3,(H,21,24)(H,25,26). The second-order valence-corrected chi connectivity index (χ2v) is 6.99. The van der Waals surface area contributed by atoms with E-state index in [0.29, 0.717) is 17.7 Å². The van der Waals surface area contributed by atoms with Gasteiger partial charge in [0.1, 0.15) is 6.54 Å². The van der Waals surface area contributed by atoms with Gasteiger partial charge in [-0.2, -0.15) is 18.3 Å². The molecule has 0 saturated carbocycles. The molecule has 1 aromatic rings. The van der Waals surface area contributed by atoms with E-state index in [1.165, 1.54) is 6.92 Å². The van der Waals surface area contributed by atoms with Crippen LogP contribution in [0.5, 0.6) is 0 Å². The van der Waals surface area contributed by atoms with Crippen LogP contribution in [-0.2, 0) is 16.1 Å². The monoisotopic (exact) mass is 377 g/mol. The molecule has 0 bridgehead atoms. The molecule has 0 saturated heterocycles. The first-order valence-corrected chi connectivity index (χ1v) is 8.44. The first kappa shape index (κ1) is 22.0. The zero-order chi connectivity index (χ0) is 20.2. The molecule has 1 rings (SSSR count).